The molecule has 72 valence electrons. The molecule has 4 nitrogen and oxygen atoms in total. The predicted octanol–water partition coefficient (Wildman–Crippen LogP) is 1.28. The van der Waals surface area contributed by atoms with E-state index in [-0.39, 0.29) is 5.54 Å². The lowest BCUT2D eigenvalue weighted by atomic mass is 10.1. The largest absolute Gasteiger partial charge is 0.363 e. The van der Waals surface area contributed by atoms with E-state index in [4.69, 9.17) is 17.3 Å². The van der Waals surface area contributed by atoms with Gasteiger partial charge in [0.2, 0.25) is 0 Å². The van der Waals surface area contributed by atoms with E-state index in [1.54, 1.807) is 6.20 Å². The minimum absolute atomic E-state index is 0.210. The van der Waals surface area contributed by atoms with E-state index in [1.807, 2.05) is 13.8 Å². The molecule has 0 saturated heterocycles. The van der Waals surface area contributed by atoms with Crippen LogP contribution >= 0.6 is 11.6 Å². The molecule has 0 aliphatic rings. The number of anilines is 1. The van der Waals surface area contributed by atoms with E-state index in [2.05, 4.69) is 15.3 Å². The molecule has 0 amide bonds. The Kier molecular flexibility index (Phi) is 3.06. The molecule has 0 spiro atoms. The van der Waals surface area contributed by atoms with Crippen molar-refractivity contribution < 1.29 is 0 Å². The summed E-state index contributed by atoms with van der Waals surface area (Å²) in [6.45, 7) is 4.46. The molecule has 0 radical (unpaired) electrons. The first-order valence-corrected chi connectivity index (χ1v) is 4.37. The van der Waals surface area contributed by atoms with Crippen LogP contribution < -0.4 is 11.1 Å². The van der Waals surface area contributed by atoms with Crippen molar-refractivity contribution in [3.05, 3.63) is 17.5 Å². The molecule has 0 unspecified atom stereocenters. The Morgan fingerprint density at radius 1 is 1.62 bits per heavy atom. The predicted molar refractivity (Wildman–Crippen MR) is 53.8 cm³/mol. The molecule has 1 aromatic rings. The minimum atomic E-state index is -0.210. The van der Waals surface area contributed by atoms with Crippen molar-refractivity contribution in [1.82, 2.24) is 9.97 Å². The second-order valence-corrected chi connectivity index (χ2v) is 3.84. The van der Waals surface area contributed by atoms with Gasteiger partial charge < -0.3 is 11.1 Å². The van der Waals surface area contributed by atoms with Gasteiger partial charge in [0.05, 0.1) is 6.20 Å². The number of rotatable bonds is 3. The number of hydrogen-bond acceptors (Lipinski definition) is 4. The molecule has 0 aliphatic carbocycles. The maximum Gasteiger partial charge on any atom is 0.148 e. The van der Waals surface area contributed by atoms with Gasteiger partial charge in [0.1, 0.15) is 17.2 Å². The standard InChI is InChI=1S/C8H13ClN4/c1-8(2,4-10)13-7-6(9)3-11-5-12-7/h3,5H,4,10H2,1-2H3,(H,11,12,13). The fourth-order valence-electron chi connectivity index (χ4n) is 0.776. The van der Waals surface area contributed by atoms with Crippen LogP contribution in [0, 0.1) is 0 Å². The van der Waals surface area contributed by atoms with E-state index in [0.29, 0.717) is 17.4 Å². The molecule has 0 saturated carbocycles. The summed E-state index contributed by atoms with van der Waals surface area (Å²) in [5, 5.41) is 3.63. The number of halogens is 1. The molecule has 0 fully saturated rings. The minimum Gasteiger partial charge on any atom is -0.363 e. The lowest BCUT2D eigenvalue weighted by Crippen LogP contribution is -2.39. The first-order chi connectivity index (χ1) is 6.05. The Labute approximate surface area is 82.5 Å². The van der Waals surface area contributed by atoms with Crippen molar-refractivity contribution in [3.8, 4) is 0 Å². The quantitative estimate of drug-likeness (QED) is 0.772. The highest BCUT2D eigenvalue weighted by Gasteiger charge is 2.16. The molecule has 13 heavy (non-hydrogen) atoms. The maximum absolute atomic E-state index is 5.86. The highest BCUT2D eigenvalue weighted by Crippen LogP contribution is 2.19. The molecule has 0 atom stereocenters. The van der Waals surface area contributed by atoms with Gasteiger partial charge in [-0.2, -0.15) is 0 Å². The summed E-state index contributed by atoms with van der Waals surface area (Å²) in [6, 6.07) is 0. The monoisotopic (exact) mass is 200 g/mol. The summed E-state index contributed by atoms with van der Waals surface area (Å²) in [5.41, 5.74) is 5.34. The van der Waals surface area contributed by atoms with E-state index in [0.717, 1.165) is 0 Å². The van der Waals surface area contributed by atoms with Crippen molar-refractivity contribution in [2.24, 2.45) is 5.73 Å². The average Bonchev–Trinajstić information content (AvgIpc) is 2.09. The zero-order valence-electron chi connectivity index (χ0n) is 7.71. The summed E-state index contributed by atoms with van der Waals surface area (Å²) in [7, 11) is 0. The molecule has 0 bridgehead atoms. The van der Waals surface area contributed by atoms with Crippen LogP contribution in [0.4, 0.5) is 5.82 Å². The van der Waals surface area contributed by atoms with Crippen LogP contribution in [0.25, 0.3) is 0 Å². The van der Waals surface area contributed by atoms with Crippen molar-refractivity contribution >= 4 is 17.4 Å². The molecule has 3 N–H and O–H groups in total. The third-order valence-corrected chi connectivity index (χ3v) is 1.91. The third kappa shape index (κ3) is 2.82. The fourth-order valence-corrected chi connectivity index (χ4v) is 0.929. The molecular formula is C8H13ClN4. The SMILES string of the molecule is CC(C)(CN)Nc1ncncc1Cl. The molecule has 5 heteroatoms. The van der Waals surface area contributed by atoms with Crippen molar-refractivity contribution in [2.45, 2.75) is 19.4 Å². The number of aromatic nitrogens is 2. The third-order valence-electron chi connectivity index (χ3n) is 1.63. The Bertz CT molecular complexity index is 287. The van der Waals surface area contributed by atoms with Crippen LogP contribution in [0.1, 0.15) is 13.8 Å². The van der Waals surface area contributed by atoms with Gasteiger partial charge in [-0.3, -0.25) is 0 Å². The van der Waals surface area contributed by atoms with E-state index < -0.39 is 0 Å². The summed E-state index contributed by atoms with van der Waals surface area (Å²) < 4.78 is 0. The number of hydrogen-bond donors (Lipinski definition) is 2. The molecule has 0 aromatic carbocycles. The second kappa shape index (κ2) is 3.89. The summed E-state index contributed by atoms with van der Waals surface area (Å²) in [4.78, 5) is 7.79. The van der Waals surface area contributed by atoms with Gasteiger partial charge >= 0.3 is 0 Å². The van der Waals surface area contributed by atoms with Gasteiger partial charge in [0.25, 0.3) is 0 Å². The van der Waals surface area contributed by atoms with E-state index in [9.17, 15) is 0 Å². The molecular weight excluding hydrogens is 188 g/mol. The van der Waals surface area contributed by atoms with Gasteiger partial charge in [0.15, 0.2) is 0 Å². The van der Waals surface area contributed by atoms with Crippen molar-refractivity contribution in [3.63, 3.8) is 0 Å². The molecule has 1 aromatic heterocycles. The smallest absolute Gasteiger partial charge is 0.148 e. The van der Waals surface area contributed by atoms with Gasteiger partial charge in [-0.15, -0.1) is 0 Å². The Morgan fingerprint density at radius 2 is 2.31 bits per heavy atom. The lowest BCUT2D eigenvalue weighted by Gasteiger charge is -2.25. The summed E-state index contributed by atoms with van der Waals surface area (Å²) in [6.07, 6.45) is 2.99. The number of nitrogens with one attached hydrogen (secondary N) is 1. The maximum atomic E-state index is 5.86. The normalized spacial score (nSPS) is 11.4. The first kappa shape index (κ1) is 10.2. The highest BCUT2D eigenvalue weighted by atomic mass is 35.5. The van der Waals surface area contributed by atoms with Crippen molar-refractivity contribution in [2.75, 3.05) is 11.9 Å². The van der Waals surface area contributed by atoms with Crippen LogP contribution in [0.3, 0.4) is 0 Å². The Balaban J connectivity index is 2.80. The Morgan fingerprint density at radius 3 is 2.85 bits per heavy atom. The highest BCUT2D eigenvalue weighted by molar-refractivity contribution is 6.32. The van der Waals surface area contributed by atoms with Crippen LogP contribution in [-0.2, 0) is 0 Å². The fraction of sp³-hybridized carbons (Fsp3) is 0.500. The van der Waals surface area contributed by atoms with Gasteiger partial charge in [0, 0.05) is 12.1 Å². The van der Waals surface area contributed by atoms with Crippen LogP contribution in [0.5, 0.6) is 0 Å². The van der Waals surface area contributed by atoms with E-state index >= 15 is 0 Å². The number of nitrogens with two attached hydrogens (primary N) is 1. The lowest BCUT2D eigenvalue weighted by molar-refractivity contribution is 0.577. The first-order valence-electron chi connectivity index (χ1n) is 3.99. The molecule has 1 heterocycles. The van der Waals surface area contributed by atoms with Crippen LogP contribution in [0.2, 0.25) is 5.02 Å². The average molecular weight is 201 g/mol. The van der Waals surface area contributed by atoms with Crippen LogP contribution in [-0.4, -0.2) is 22.1 Å². The van der Waals surface area contributed by atoms with Crippen LogP contribution in [0.15, 0.2) is 12.5 Å². The zero-order chi connectivity index (χ0) is 9.90. The molecule has 0 aliphatic heterocycles. The topological polar surface area (TPSA) is 63.8 Å². The van der Waals surface area contributed by atoms with Gasteiger partial charge in [-0.1, -0.05) is 11.6 Å². The zero-order valence-corrected chi connectivity index (χ0v) is 8.47. The van der Waals surface area contributed by atoms with E-state index in [1.165, 1.54) is 6.33 Å². The Hall–Kier alpha value is -0.870. The van der Waals surface area contributed by atoms with Gasteiger partial charge in [-0.25, -0.2) is 9.97 Å². The van der Waals surface area contributed by atoms with Gasteiger partial charge in [-0.05, 0) is 13.8 Å². The summed E-state index contributed by atoms with van der Waals surface area (Å²) >= 11 is 5.86. The molecule has 1 rings (SSSR count). The summed E-state index contributed by atoms with van der Waals surface area (Å²) in [5.74, 6) is 0.618. The second-order valence-electron chi connectivity index (χ2n) is 3.43. The number of nitrogens with zero attached hydrogens (tertiary/aromatic N) is 2. The van der Waals surface area contributed by atoms with Crippen molar-refractivity contribution in [1.29, 1.82) is 0 Å².